The number of carbonyl (C=O) groups excluding carboxylic acids is 1. The van der Waals surface area contributed by atoms with Crippen molar-refractivity contribution in [1.82, 2.24) is 10.6 Å². The van der Waals surface area contributed by atoms with Gasteiger partial charge >= 0.3 is 12.0 Å². The third-order valence-electron chi connectivity index (χ3n) is 3.93. The summed E-state index contributed by atoms with van der Waals surface area (Å²) in [5.41, 5.74) is 0.762. The second kappa shape index (κ2) is 6.93. The van der Waals surface area contributed by atoms with Gasteiger partial charge in [0.2, 0.25) is 0 Å². The van der Waals surface area contributed by atoms with Crippen molar-refractivity contribution in [2.24, 2.45) is 5.41 Å². The Bertz CT molecular complexity index is 512. The number of nitrogens with one attached hydrogen (secondary N) is 2. The molecule has 1 aromatic carbocycles. The quantitative estimate of drug-likeness (QED) is 0.734. The number of carbonyl (C=O) groups is 2. The number of amides is 2. The molecule has 1 aromatic rings. The van der Waals surface area contributed by atoms with E-state index in [1.807, 2.05) is 24.3 Å². The van der Waals surface area contributed by atoms with Crippen molar-refractivity contribution in [1.29, 1.82) is 0 Å². The number of carboxylic acids is 1. The van der Waals surface area contributed by atoms with E-state index in [-0.39, 0.29) is 17.9 Å². The molecule has 1 aliphatic rings. The zero-order chi connectivity index (χ0) is 15.3. The molecule has 6 heteroatoms. The number of aliphatic carboxylic acids is 1. The van der Waals surface area contributed by atoms with Gasteiger partial charge < -0.3 is 15.7 Å². The smallest absolute Gasteiger partial charge is 0.315 e. The van der Waals surface area contributed by atoms with E-state index in [9.17, 15) is 9.59 Å². The van der Waals surface area contributed by atoms with E-state index >= 15 is 0 Å². The fourth-order valence-corrected chi connectivity index (χ4v) is 2.79. The monoisotopic (exact) mass is 354 g/mol. The summed E-state index contributed by atoms with van der Waals surface area (Å²) in [7, 11) is 0. The lowest BCUT2D eigenvalue weighted by molar-refractivity contribution is -0.141. The van der Waals surface area contributed by atoms with Gasteiger partial charge in [0, 0.05) is 17.6 Å². The van der Waals surface area contributed by atoms with Crippen molar-refractivity contribution < 1.29 is 14.7 Å². The van der Waals surface area contributed by atoms with E-state index < -0.39 is 5.97 Å². The van der Waals surface area contributed by atoms with Gasteiger partial charge in [0.1, 0.15) is 0 Å². The highest BCUT2D eigenvalue weighted by Crippen LogP contribution is 2.43. The van der Waals surface area contributed by atoms with Crippen molar-refractivity contribution in [3.8, 4) is 0 Å². The second-order valence-corrected chi connectivity index (χ2v) is 6.50. The van der Waals surface area contributed by atoms with Gasteiger partial charge in [-0.3, -0.25) is 4.79 Å². The first-order chi connectivity index (χ1) is 9.99. The SMILES string of the molecule is O=C(O)CC1(CNC(=O)NCc2ccc(Br)cc2)CCC1. The highest BCUT2D eigenvalue weighted by atomic mass is 79.9. The van der Waals surface area contributed by atoms with E-state index in [2.05, 4.69) is 26.6 Å². The zero-order valence-corrected chi connectivity index (χ0v) is 13.3. The molecule has 2 rings (SSSR count). The van der Waals surface area contributed by atoms with Gasteiger partial charge in [-0.2, -0.15) is 0 Å². The van der Waals surface area contributed by atoms with Gasteiger partial charge in [-0.05, 0) is 36.0 Å². The Kier molecular flexibility index (Phi) is 5.22. The Hall–Kier alpha value is -1.56. The van der Waals surface area contributed by atoms with Crippen molar-refractivity contribution in [3.05, 3.63) is 34.3 Å². The largest absolute Gasteiger partial charge is 0.481 e. The van der Waals surface area contributed by atoms with Crippen molar-refractivity contribution in [2.75, 3.05) is 6.54 Å². The van der Waals surface area contributed by atoms with Gasteiger partial charge in [-0.25, -0.2) is 4.79 Å². The van der Waals surface area contributed by atoms with Crippen LogP contribution in [0.15, 0.2) is 28.7 Å². The summed E-state index contributed by atoms with van der Waals surface area (Å²) in [6, 6.07) is 7.45. The van der Waals surface area contributed by atoms with E-state index in [4.69, 9.17) is 5.11 Å². The van der Waals surface area contributed by atoms with Crippen LogP contribution in [0.5, 0.6) is 0 Å². The van der Waals surface area contributed by atoms with Crippen LogP contribution in [0.1, 0.15) is 31.2 Å². The Morgan fingerprint density at radius 3 is 2.38 bits per heavy atom. The molecule has 1 aliphatic carbocycles. The summed E-state index contributed by atoms with van der Waals surface area (Å²) >= 11 is 3.36. The molecule has 2 amide bonds. The molecule has 0 bridgehead atoms. The van der Waals surface area contributed by atoms with Crippen LogP contribution >= 0.6 is 15.9 Å². The summed E-state index contributed by atoms with van der Waals surface area (Å²) in [6.45, 7) is 0.872. The molecule has 1 saturated carbocycles. The number of halogens is 1. The number of hydrogen-bond acceptors (Lipinski definition) is 2. The Morgan fingerprint density at radius 1 is 1.19 bits per heavy atom. The maximum Gasteiger partial charge on any atom is 0.315 e. The average molecular weight is 355 g/mol. The predicted molar refractivity (Wildman–Crippen MR) is 82.9 cm³/mol. The van der Waals surface area contributed by atoms with Crippen LogP contribution in [0.25, 0.3) is 0 Å². The Morgan fingerprint density at radius 2 is 1.86 bits per heavy atom. The van der Waals surface area contributed by atoms with Crippen molar-refractivity contribution in [3.63, 3.8) is 0 Å². The Labute approximate surface area is 132 Å². The molecule has 3 N–H and O–H groups in total. The van der Waals surface area contributed by atoms with Crippen LogP contribution < -0.4 is 10.6 Å². The minimum Gasteiger partial charge on any atom is -0.481 e. The lowest BCUT2D eigenvalue weighted by Gasteiger charge is -2.40. The van der Waals surface area contributed by atoms with Crippen LogP contribution in [-0.4, -0.2) is 23.7 Å². The number of benzene rings is 1. The number of carboxylic acid groups (broad SMARTS) is 1. The van der Waals surface area contributed by atoms with Crippen LogP contribution in [0.4, 0.5) is 4.79 Å². The van der Waals surface area contributed by atoms with E-state index in [0.29, 0.717) is 13.1 Å². The molecule has 0 spiro atoms. The molecular formula is C15H19BrN2O3. The second-order valence-electron chi connectivity index (χ2n) is 5.59. The lowest BCUT2D eigenvalue weighted by Crippen LogP contribution is -2.46. The topological polar surface area (TPSA) is 78.4 Å². The van der Waals surface area contributed by atoms with Gasteiger partial charge in [-0.15, -0.1) is 0 Å². The van der Waals surface area contributed by atoms with Gasteiger partial charge in [-0.1, -0.05) is 34.5 Å². The Balaban J connectivity index is 1.74. The third kappa shape index (κ3) is 4.74. The maximum absolute atomic E-state index is 11.8. The molecule has 5 nitrogen and oxygen atoms in total. The first-order valence-corrected chi connectivity index (χ1v) is 7.76. The zero-order valence-electron chi connectivity index (χ0n) is 11.7. The molecule has 0 aliphatic heterocycles. The molecule has 0 heterocycles. The van der Waals surface area contributed by atoms with E-state index in [1.165, 1.54) is 0 Å². The lowest BCUT2D eigenvalue weighted by atomic mass is 9.66. The number of rotatable bonds is 6. The molecular weight excluding hydrogens is 336 g/mol. The highest BCUT2D eigenvalue weighted by Gasteiger charge is 2.39. The predicted octanol–water partition coefficient (Wildman–Crippen LogP) is 2.89. The number of hydrogen-bond donors (Lipinski definition) is 3. The molecule has 0 atom stereocenters. The van der Waals surface area contributed by atoms with Crippen molar-refractivity contribution in [2.45, 2.75) is 32.2 Å². The highest BCUT2D eigenvalue weighted by molar-refractivity contribution is 9.10. The molecule has 21 heavy (non-hydrogen) atoms. The first kappa shape index (κ1) is 15.8. The molecule has 0 saturated heterocycles. The molecule has 0 unspecified atom stereocenters. The molecule has 0 radical (unpaired) electrons. The molecule has 1 fully saturated rings. The van der Waals surface area contributed by atoms with Gasteiger partial charge in [0.25, 0.3) is 0 Å². The van der Waals surface area contributed by atoms with Crippen LogP contribution in [0.3, 0.4) is 0 Å². The van der Waals surface area contributed by atoms with E-state index in [0.717, 1.165) is 29.3 Å². The van der Waals surface area contributed by atoms with Gasteiger partial charge in [0.15, 0.2) is 0 Å². The minimum absolute atomic E-state index is 0.125. The molecule has 0 aromatic heterocycles. The third-order valence-corrected chi connectivity index (χ3v) is 4.46. The van der Waals surface area contributed by atoms with Gasteiger partial charge in [0.05, 0.1) is 6.42 Å². The molecule has 114 valence electrons. The average Bonchev–Trinajstić information content (AvgIpc) is 2.40. The summed E-state index contributed by atoms with van der Waals surface area (Å²) in [5, 5.41) is 14.5. The summed E-state index contributed by atoms with van der Waals surface area (Å²) < 4.78 is 0.997. The summed E-state index contributed by atoms with van der Waals surface area (Å²) in [5.74, 6) is -0.799. The van der Waals surface area contributed by atoms with Crippen LogP contribution in [0.2, 0.25) is 0 Å². The summed E-state index contributed by atoms with van der Waals surface area (Å²) in [6.07, 6.45) is 2.90. The fraction of sp³-hybridized carbons (Fsp3) is 0.467. The van der Waals surface area contributed by atoms with Crippen LogP contribution in [-0.2, 0) is 11.3 Å². The fourth-order valence-electron chi connectivity index (χ4n) is 2.53. The van der Waals surface area contributed by atoms with E-state index in [1.54, 1.807) is 0 Å². The maximum atomic E-state index is 11.8. The summed E-state index contributed by atoms with van der Waals surface area (Å²) in [4.78, 5) is 22.6. The first-order valence-electron chi connectivity index (χ1n) is 6.97. The standard InChI is InChI=1S/C15H19BrN2O3/c16-12-4-2-11(3-5-12)9-17-14(21)18-10-15(6-1-7-15)8-13(19)20/h2-5H,1,6-10H2,(H,19,20)(H2,17,18,21). The van der Waals surface area contributed by atoms with Crippen LogP contribution in [0, 0.1) is 5.41 Å². The van der Waals surface area contributed by atoms with Crippen molar-refractivity contribution >= 4 is 27.9 Å². The minimum atomic E-state index is -0.799. The normalized spacial score (nSPS) is 15.9. The number of urea groups is 1.